The first kappa shape index (κ1) is 30.4. The monoisotopic (exact) mass is 585 g/mol. The number of halogens is 6. The highest BCUT2D eigenvalue weighted by Gasteiger charge is 2.37. The zero-order valence-corrected chi connectivity index (χ0v) is 23.1. The Hall–Kier alpha value is -3.58. The van der Waals surface area contributed by atoms with Crippen molar-refractivity contribution in [2.45, 2.75) is 65.0 Å². The second-order valence-electron chi connectivity index (χ2n) is 10.1. The van der Waals surface area contributed by atoms with Gasteiger partial charge in [-0.2, -0.15) is 31.1 Å². The Labute approximate surface area is 234 Å². The molecule has 2 heterocycles. The number of ether oxygens (including phenoxy) is 1. The number of tetrazole rings is 1. The molecule has 0 bridgehead atoms. The lowest BCUT2D eigenvalue weighted by molar-refractivity contribution is -0.143. The van der Waals surface area contributed by atoms with Crippen LogP contribution in [-0.2, 0) is 32.5 Å². The first-order chi connectivity index (χ1) is 19.4. The van der Waals surface area contributed by atoms with Gasteiger partial charge in [0, 0.05) is 25.2 Å². The third-order valence-electron chi connectivity index (χ3n) is 7.03. The van der Waals surface area contributed by atoms with Crippen LogP contribution in [0, 0.1) is 5.92 Å². The summed E-state index contributed by atoms with van der Waals surface area (Å²) in [7, 11) is 1.52. The van der Waals surface area contributed by atoms with E-state index in [0.717, 1.165) is 19.4 Å². The van der Waals surface area contributed by atoms with Gasteiger partial charge in [0.15, 0.2) is 0 Å². The Morgan fingerprint density at radius 1 is 0.927 bits per heavy atom. The maximum Gasteiger partial charge on any atom is 0.416 e. The van der Waals surface area contributed by atoms with Crippen LogP contribution in [-0.4, -0.2) is 44.9 Å². The molecule has 8 nitrogen and oxygen atoms in total. The van der Waals surface area contributed by atoms with Crippen LogP contribution in [0.25, 0.3) is 0 Å². The molecular weight excluding hydrogens is 552 g/mol. The maximum atomic E-state index is 13.6. The highest BCUT2D eigenvalue weighted by atomic mass is 19.4. The van der Waals surface area contributed by atoms with E-state index in [2.05, 4.69) is 25.3 Å². The second kappa shape index (κ2) is 12.5. The second-order valence-corrected chi connectivity index (χ2v) is 10.1. The molecule has 0 spiro atoms. The van der Waals surface area contributed by atoms with Crippen molar-refractivity contribution in [2.24, 2.45) is 13.0 Å². The molecule has 1 fully saturated rings. The summed E-state index contributed by atoms with van der Waals surface area (Å²) in [5, 5.41) is 12.0. The molecule has 4 rings (SSSR count). The standard InChI is InChI=1S/C27H33F6N7O/c1-4-39(15-18-8-6-7-9-18)24-20(12-23(14-34-24)41-5-2)17-40(25-35-37-38(3)36-25)16-19-10-21(26(28,29)30)13-22(11-19)27(31,32)33/h10-14,18H,4-9,15-17H2,1-3H3. The largest absolute Gasteiger partial charge is 0.492 e. The highest BCUT2D eigenvalue weighted by Crippen LogP contribution is 2.37. The lowest BCUT2D eigenvalue weighted by Gasteiger charge is -2.29. The summed E-state index contributed by atoms with van der Waals surface area (Å²) in [6, 6.07) is 3.34. The third kappa shape index (κ3) is 7.79. The average molecular weight is 586 g/mol. The number of aromatic nitrogens is 5. The van der Waals surface area contributed by atoms with Gasteiger partial charge in [-0.1, -0.05) is 17.9 Å². The van der Waals surface area contributed by atoms with Gasteiger partial charge >= 0.3 is 12.4 Å². The van der Waals surface area contributed by atoms with Crippen molar-refractivity contribution < 1.29 is 31.1 Å². The van der Waals surface area contributed by atoms with Crippen molar-refractivity contribution in [3.63, 3.8) is 0 Å². The Kier molecular flexibility index (Phi) is 9.27. The van der Waals surface area contributed by atoms with Crippen molar-refractivity contribution in [1.29, 1.82) is 0 Å². The van der Waals surface area contributed by atoms with E-state index in [1.54, 1.807) is 12.3 Å². The van der Waals surface area contributed by atoms with Gasteiger partial charge in [0.25, 0.3) is 5.95 Å². The van der Waals surface area contributed by atoms with Crippen LogP contribution in [0.5, 0.6) is 5.75 Å². The predicted octanol–water partition coefficient (Wildman–Crippen LogP) is 6.26. The van der Waals surface area contributed by atoms with Crippen LogP contribution in [0.15, 0.2) is 30.5 Å². The van der Waals surface area contributed by atoms with E-state index < -0.39 is 23.5 Å². The molecule has 0 aliphatic heterocycles. The van der Waals surface area contributed by atoms with E-state index in [4.69, 9.17) is 4.74 Å². The number of aryl methyl sites for hydroxylation is 1. The topological polar surface area (TPSA) is 72.2 Å². The van der Waals surface area contributed by atoms with Crippen LogP contribution < -0.4 is 14.5 Å². The average Bonchev–Trinajstić information content (AvgIpc) is 3.58. The number of hydrogen-bond acceptors (Lipinski definition) is 7. The van der Waals surface area contributed by atoms with Crippen LogP contribution >= 0.6 is 0 Å². The van der Waals surface area contributed by atoms with Gasteiger partial charge in [0.05, 0.1) is 37.5 Å². The van der Waals surface area contributed by atoms with E-state index >= 15 is 0 Å². The van der Waals surface area contributed by atoms with Crippen LogP contribution in [0.1, 0.15) is 61.8 Å². The van der Waals surface area contributed by atoms with Crippen molar-refractivity contribution in [1.82, 2.24) is 25.2 Å². The molecule has 224 valence electrons. The molecule has 2 aromatic heterocycles. The van der Waals surface area contributed by atoms with E-state index in [1.165, 1.54) is 29.6 Å². The molecule has 1 saturated carbocycles. The fourth-order valence-electron chi connectivity index (χ4n) is 5.13. The van der Waals surface area contributed by atoms with Crippen molar-refractivity contribution in [3.05, 3.63) is 52.7 Å². The van der Waals surface area contributed by atoms with Gasteiger partial charge in [-0.05, 0) is 67.6 Å². The SMILES string of the molecule is CCOc1cnc(N(CC)CC2CCCC2)c(CN(Cc2cc(C(F)(F)F)cc(C(F)(F)F)c2)c2nnn(C)n2)c1. The molecule has 14 heteroatoms. The van der Waals surface area contributed by atoms with E-state index in [1.807, 2.05) is 13.8 Å². The molecule has 1 aliphatic carbocycles. The van der Waals surface area contributed by atoms with Gasteiger partial charge in [-0.3, -0.25) is 0 Å². The molecule has 0 amide bonds. The molecule has 3 aromatic rings. The minimum Gasteiger partial charge on any atom is -0.492 e. The van der Waals surface area contributed by atoms with Crippen molar-refractivity contribution >= 4 is 11.8 Å². The minimum absolute atomic E-state index is 0.0354. The molecule has 41 heavy (non-hydrogen) atoms. The number of pyridine rings is 1. The summed E-state index contributed by atoms with van der Waals surface area (Å²) in [5.74, 6) is 1.72. The Balaban J connectivity index is 1.75. The fraction of sp³-hybridized carbons (Fsp3) is 0.556. The molecule has 0 atom stereocenters. The molecule has 1 aromatic carbocycles. The van der Waals surface area contributed by atoms with Crippen LogP contribution in [0.2, 0.25) is 0 Å². The molecule has 0 saturated heterocycles. The predicted molar refractivity (Wildman–Crippen MR) is 140 cm³/mol. The summed E-state index contributed by atoms with van der Waals surface area (Å²) in [4.78, 5) is 9.48. The Morgan fingerprint density at radius 2 is 1.59 bits per heavy atom. The minimum atomic E-state index is -4.96. The molecule has 0 radical (unpaired) electrons. The first-order valence-corrected chi connectivity index (χ1v) is 13.5. The molecular formula is C27H33F6N7O. The van der Waals surface area contributed by atoms with Crippen LogP contribution in [0.3, 0.4) is 0 Å². The van der Waals surface area contributed by atoms with Crippen molar-refractivity contribution in [3.8, 4) is 5.75 Å². The number of alkyl halides is 6. The van der Waals surface area contributed by atoms with Crippen LogP contribution in [0.4, 0.5) is 38.1 Å². The Bertz CT molecular complexity index is 1270. The summed E-state index contributed by atoms with van der Waals surface area (Å²) in [6.45, 7) is 5.38. The number of anilines is 2. The molecule has 0 N–H and O–H groups in total. The van der Waals surface area contributed by atoms with Gasteiger partial charge in [-0.25, -0.2) is 4.98 Å². The van der Waals surface area contributed by atoms with E-state index in [9.17, 15) is 26.3 Å². The molecule has 1 aliphatic rings. The first-order valence-electron chi connectivity index (χ1n) is 13.5. The number of rotatable bonds is 11. The number of benzene rings is 1. The lowest BCUT2D eigenvalue weighted by Crippen LogP contribution is -2.32. The quantitative estimate of drug-likeness (QED) is 0.246. The summed E-state index contributed by atoms with van der Waals surface area (Å²) >= 11 is 0. The lowest BCUT2D eigenvalue weighted by atomic mass is 10.0. The number of nitrogens with zero attached hydrogens (tertiary/aromatic N) is 7. The highest BCUT2D eigenvalue weighted by molar-refractivity contribution is 5.52. The molecule has 0 unspecified atom stereocenters. The van der Waals surface area contributed by atoms with Gasteiger partial charge in [0.2, 0.25) is 0 Å². The van der Waals surface area contributed by atoms with E-state index in [-0.39, 0.29) is 30.7 Å². The third-order valence-corrected chi connectivity index (χ3v) is 7.03. The maximum absolute atomic E-state index is 13.6. The fourth-order valence-corrected chi connectivity index (χ4v) is 5.13. The zero-order chi connectivity index (χ0) is 29.8. The van der Waals surface area contributed by atoms with Gasteiger partial charge in [0.1, 0.15) is 11.6 Å². The smallest absolute Gasteiger partial charge is 0.416 e. The van der Waals surface area contributed by atoms with Gasteiger partial charge < -0.3 is 14.5 Å². The summed E-state index contributed by atoms with van der Waals surface area (Å²) < 4.78 is 87.1. The van der Waals surface area contributed by atoms with Gasteiger partial charge in [-0.15, -0.1) is 5.10 Å². The number of hydrogen-bond donors (Lipinski definition) is 0. The zero-order valence-electron chi connectivity index (χ0n) is 23.1. The normalized spacial score (nSPS) is 14.5. The summed E-state index contributed by atoms with van der Waals surface area (Å²) in [6.07, 6.45) is -3.71. The van der Waals surface area contributed by atoms with Crippen molar-refractivity contribution in [2.75, 3.05) is 29.5 Å². The Morgan fingerprint density at radius 3 is 2.12 bits per heavy atom. The van der Waals surface area contributed by atoms with E-state index in [0.29, 0.717) is 48.3 Å². The summed E-state index contributed by atoms with van der Waals surface area (Å²) in [5.41, 5.74) is -2.30.